The zero-order valence-electron chi connectivity index (χ0n) is 10.5. The van der Waals surface area contributed by atoms with Gasteiger partial charge in [0.05, 0.1) is 0 Å². The van der Waals surface area contributed by atoms with Crippen molar-refractivity contribution >= 4 is 5.69 Å². The number of likely N-dealkylation sites (N-methyl/N-ethyl adjacent to an activating group) is 1. The second-order valence-electron chi connectivity index (χ2n) is 5.72. The lowest BCUT2D eigenvalue weighted by molar-refractivity contribution is 0.586. The van der Waals surface area contributed by atoms with E-state index in [0.717, 1.165) is 0 Å². The van der Waals surface area contributed by atoms with Crippen molar-refractivity contribution in [2.75, 3.05) is 18.5 Å². The summed E-state index contributed by atoms with van der Waals surface area (Å²) in [5.41, 5.74) is 6.13. The molecule has 0 saturated carbocycles. The molecule has 0 fully saturated rings. The minimum atomic E-state index is 0.253. The molecule has 1 heterocycles. The molecule has 0 unspecified atom stereocenters. The second kappa shape index (κ2) is 3.26. The van der Waals surface area contributed by atoms with Gasteiger partial charge in [-0.3, -0.25) is 0 Å². The average molecular weight is 203 g/mol. The van der Waals surface area contributed by atoms with Crippen LogP contribution in [0, 0.1) is 6.92 Å². The molecule has 1 aliphatic heterocycles. The van der Waals surface area contributed by atoms with Gasteiger partial charge in [0.15, 0.2) is 0 Å². The monoisotopic (exact) mass is 203 g/mol. The van der Waals surface area contributed by atoms with Crippen LogP contribution in [0.2, 0.25) is 0 Å². The third-order valence-corrected chi connectivity index (χ3v) is 3.36. The van der Waals surface area contributed by atoms with Crippen molar-refractivity contribution in [2.45, 2.75) is 39.5 Å². The van der Waals surface area contributed by atoms with Crippen LogP contribution < -0.4 is 4.90 Å². The fourth-order valence-corrected chi connectivity index (χ4v) is 2.53. The van der Waals surface area contributed by atoms with Crippen LogP contribution in [0.15, 0.2) is 12.1 Å². The number of nitrogens with zero attached hydrogens (tertiary/aromatic N) is 1. The maximum absolute atomic E-state index is 2.39. The lowest BCUT2D eigenvalue weighted by Gasteiger charge is -2.24. The second-order valence-corrected chi connectivity index (χ2v) is 5.72. The molecule has 82 valence electrons. The molecule has 1 aromatic carbocycles. The number of aryl methyl sites for hydroxylation is 1. The molecule has 15 heavy (non-hydrogen) atoms. The standard InChI is InChI=1S/C14H21N/c1-10-8-11-6-7-15(5)13(11)9-12(10)14(2,3)4/h8-9H,6-7H2,1-5H3. The highest BCUT2D eigenvalue weighted by molar-refractivity contribution is 5.61. The molecule has 2 rings (SSSR count). The van der Waals surface area contributed by atoms with E-state index in [9.17, 15) is 0 Å². The number of hydrogen-bond donors (Lipinski definition) is 0. The Morgan fingerprint density at radius 2 is 1.87 bits per heavy atom. The average Bonchev–Trinajstić information content (AvgIpc) is 2.44. The van der Waals surface area contributed by atoms with E-state index in [1.165, 1.54) is 35.3 Å². The lowest BCUT2D eigenvalue weighted by Crippen LogP contribution is -2.16. The Hall–Kier alpha value is -0.980. The summed E-state index contributed by atoms with van der Waals surface area (Å²) in [5, 5.41) is 0. The largest absolute Gasteiger partial charge is 0.374 e. The first-order valence-electron chi connectivity index (χ1n) is 5.75. The van der Waals surface area contributed by atoms with E-state index in [-0.39, 0.29) is 5.41 Å². The van der Waals surface area contributed by atoms with Crippen LogP contribution in [0.3, 0.4) is 0 Å². The van der Waals surface area contributed by atoms with Gasteiger partial charge in [0.25, 0.3) is 0 Å². The molecule has 0 spiro atoms. The van der Waals surface area contributed by atoms with Gasteiger partial charge in [-0.1, -0.05) is 26.8 Å². The van der Waals surface area contributed by atoms with Crippen LogP contribution >= 0.6 is 0 Å². The normalized spacial score (nSPS) is 15.7. The summed E-state index contributed by atoms with van der Waals surface area (Å²) >= 11 is 0. The number of rotatable bonds is 0. The third-order valence-electron chi connectivity index (χ3n) is 3.36. The van der Waals surface area contributed by atoms with Crippen molar-refractivity contribution in [2.24, 2.45) is 0 Å². The maximum atomic E-state index is 2.39. The maximum Gasteiger partial charge on any atom is 0.0400 e. The number of anilines is 1. The predicted octanol–water partition coefficient (Wildman–Crippen LogP) is 3.28. The van der Waals surface area contributed by atoms with E-state index < -0.39 is 0 Å². The minimum Gasteiger partial charge on any atom is -0.374 e. The van der Waals surface area contributed by atoms with Crippen LogP contribution in [0.4, 0.5) is 5.69 Å². The fraction of sp³-hybridized carbons (Fsp3) is 0.571. The SMILES string of the molecule is Cc1cc2c(cc1C(C)(C)C)N(C)CC2. The van der Waals surface area contributed by atoms with Gasteiger partial charge in [0.1, 0.15) is 0 Å². The van der Waals surface area contributed by atoms with Gasteiger partial charge in [-0.05, 0) is 41.5 Å². The first-order chi connectivity index (χ1) is 6.89. The van der Waals surface area contributed by atoms with Crippen LogP contribution in [-0.4, -0.2) is 13.6 Å². The summed E-state index contributed by atoms with van der Waals surface area (Å²) in [6, 6.07) is 4.76. The summed E-state index contributed by atoms with van der Waals surface area (Å²) < 4.78 is 0. The molecule has 1 aliphatic rings. The van der Waals surface area contributed by atoms with Gasteiger partial charge < -0.3 is 4.90 Å². The van der Waals surface area contributed by atoms with Gasteiger partial charge >= 0.3 is 0 Å². The molecule has 0 aliphatic carbocycles. The third kappa shape index (κ3) is 1.75. The number of benzene rings is 1. The summed E-state index contributed by atoms with van der Waals surface area (Å²) in [7, 11) is 2.19. The van der Waals surface area contributed by atoms with Gasteiger partial charge in [0.2, 0.25) is 0 Å². The van der Waals surface area contributed by atoms with Gasteiger partial charge in [-0.25, -0.2) is 0 Å². The molecule has 0 amide bonds. The lowest BCUT2D eigenvalue weighted by atomic mass is 9.83. The Morgan fingerprint density at radius 1 is 1.20 bits per heavy atom. The molecular formula is C14H21N. The number of hydrogen-bond acceptors (Lipinski definition) is 1. The smallest absolute Gasteiger partial charge is 0.0400 e. The van der Waals surface area contributed by atoms with Crippen molar-refractivity contribution in [3.8, 4) is 0 Å². The van der Waals surface area contributed by atoms with Crippen molar-refractivity contribution in [3.63, 3.8) is 0 Å². The van der Waals surface area contributed by atoms with Crippen LogP contribution in [-0.2, 0) is 11.8 Å². The van der Waals surface area contributed by atoms with Crippen molar-refractivity contribution < 1.29 is 0 Å². The zero-order valence-corrected chi connectivity index (χ0v) is 10.5. The van der Waals surface area contributed by atoms with Crippen LogP contribution in [0.5, 0.6) is 0 Å². The molecule has 0 bridgehead atoms. The Bertz CT molecular complexity index is 385. The Kier molecular flexibility index (Phi) is 2.29. The van der Waals surface area contributed by atoms with E-state index >= 15 is 0 Å². The molecule has 0 aromatic heterocycles. The number of fused-ring (bicyclic) bond motifs is 1. The zero-order chi connectivity index (χ0) is 11.2. The van der Waals surface area contributed by atoms with Crippen molar-refractivity contribution in [1.29, 1.82) is 0 Å². The van der Waals surface area contributed by atoms with Gasteiger partial charge in [0, 0.05) is 19.3 Å². The topological polar surface area (TPSA) is 3.24 Å². The molecule has 0 N–H and O–H groups in total. The molecular weight excluding hydrogens is 182 g/mol. The highest BCUT2D eigenvalue weighted by atomic mass is 15.1. The molecule has 0 radical (unpaired) electrons. The van der Waals surface area contributed by atoms with Gasteiger partial charge in [-0.15, -0.1) is 0 Å². The van der Waals surface area contributed by atoms with E-state index in [4.69, 9.17) is 0 Å². The van der Waals surface area contributed by atoms with Crippen LogP contribution in [0.1, 0.15) is 37.5 Å². The Labute approximate surface area is 93.1 Å². The Balaban J connectivity index is 2.55. The summed E-state index contributed by atoms with van der Waals surface area (Å²) in [6.45, 7) is 10.3. The highest BCUT2D eigenvalue weighted by Crippen LogP contribution is 2.34. The molecule has 0 atom stereocenters. The minimum absolute atomic E-state index is 0.253. The molecule has 1 nitrogen and oxygen atoms in total. The molecule has 1 heteroatoms. The summed E-state index contributed by atoms with van der Waals surface area (Å²) in [6.07, 6.45) is 1.21. The van der Waals surface area contributed by atoms with Gasteiger partial charge in [-0.2, -0.15) is 0 Å². The Morgan fingerprint density at radius 3 is 2.47 bits per heavy atom. The molecule has 1 aromatic rings. The highest BCUT2D eigenvalue weighted by Gasteiger charge is 2.22. The first kappa shape index (κ1) is 10.5. The van der Waals surface area contributed by atoms with Crippen molar-refractivity contribution in [3.05, 3.63) is 28.8 Å². The van der Waals surface area contributed by atoms with E-state index in [2.05, 4.69) is 51.8 Å². The summed E-state index contributed by atoms with van der Waals surface area (Å²) in [5.74, 6) is 0. The van der Waals surface area contributed by atoms with E-state index in [1.54, 1.807) is 0 Å². The van der Waals surface area contributed by atoms with Crippen LogP contribution in [0.25, 0.3) is 0 Å². The summed E-state index contributed by atoms with van der Waals surface area (Å²) in [4.78, 5) is 2.37. The quantitative estimate of drug-likeness (QED) is 0.625. The fourth-order valence-electron chi connectivity index (χ4n) is 2.53. The van der Waals surface area contributed by atoms with E-state index in [0.29, 0.717) is 0 Å². The van der Waals surface area contributed by atoms with Crippen molar-refractivity contribution in [1.82, 2.24) is 0 Å². The first-order valence-corrected chi connectivity index (χ1v) is 5.75. The molecule has 0 saturated heterocycles. The van der Waals surface area contributed by atoms with E-state index in [1.807, 2.05) is 0 Å². The predicted molar refractivity (Wildman–Crippen MR) is 66.9 cm³/mol.